The Balaban J connectivity index is 1.69. The van der Waals surface area contributed by atoms with Crippen LogP contribution in [0.15, 0.2) is 59.3 Å². The minimum absolute atomic E-state index is 0.0209. The molecule has 0 bridgehead atoms. The molecule has 3 heterocycles. The molecule has 0 amide bonds. The number of aliphatic hydroxyl groups is 1. The Morgan fingerprint density at radius 3 is 2.87 bits per heavy atom. The van der Waals surface area contributed by atoms with Crippen molar-refractivity contribution in [3.05, 3.63) is 70.6 Å². The molecule has 2 aromatic rings. The summed E-state index contributed by atoms with van der Waals surface area (Å²) in [6.07, 6.45) is 1.48. The van der Waals surface area contributed by atoms with Crippen LogP contribution in [0.3, 0.4) is 0 Å². The smallest absolute Gasteiger partial charge is 0.186 e. The van der Waals surface area contributed by atoms with Crippen LogP contribution in [-0.2, 0) is 12.0 Å². The summed E-state index contributed by atoms with van der Waals surface area (Å²) in [5.41, 5.74) is 8.29. The summed E-state index contributed by atoms with van der Waals surface area (Å²) in [5, 5.41) is 14.3. The fourth-order valence-electron chi connectivity index (χ4n) is 5.01. The maximum Gasteiger partial charge on any atom is 0.186 e. The highest BCUT2D eigenvalue weighted by molar-refractivity contribution is 7.97. The van der Waals surface area contributed by atoms with E-state index in [9.17, 15) is 9.50 Å². The molecule has 3 aliphatic heterocycles. The van der Waals surface area contributed by atoms with Gasteiger partial charge in [0.2, 0.25) is 0 Å². The highest BCUT2D eigenvalue weighted by Crippen LogP contribution is 2.49. The lowest BCUT2D eigenvalue weighted by molar-refractivity contribution is 0.0846. The first kappa shape index (κ1) is 20.2. The number of anilines is 1. The monoisotopic (exact) mass is 446 g/mol. The van der Waals surface area contributed by atoms with Crippen LogP contribution in [0.4, 0.5) is 10.1 Å². The van der Waals surface area contributed by atoms with Crippen LogP contribution < -0.4 is 15.8 Å². The van der Waals surface area contributed by atoms with Crippen LogP contribution in [0.5, 0.6) is 0 Å². The lowest BCUT2D eigenvalue weighted by Gasteiger charge is -2.48. The van der Waals surface area contributed by atoms with Gasteiger partial charge < -0.3 is 16.2 Å². The maximum atomic E-state index is 14.6. The van der Waals surface area contributed by atoms with Crippen molar-refractivity contribution in [2.45, 2.75) is 29.1 Å². The first-order valence-electron chi connectivity index (χ1n) is 10.1. The molecule has 0 saturated carbocycles. The van der Waals surface area contributed by atoms with Crippen LogP contribution in [-0.4, -0.2) is 41.9 Å². The predicted molar refractivity (Wildman–Crippen MR) is 119 cm³/mol. The molecule has 0 aliphatic carbocycles. The molecule has 5 nitrogen and oxygen atoms in total. The van der Waals surface area contributed by atoms with Crippen LogP contribution in [0.25, 0.3) is 0 Å². The molecule has 3 aliphatic rings. The zero-order chi connectivity index (χ0) is 20.9. The zero-order valence-electron chi connectivity index (χ0n) is 16.3. The number of fused-ring (bicyclic) bond motifs is 2. The Bertz CT molecular complexity index is 995. The Morgan fingerprint density at radius 2 is 2.07 bits per heavy atom. The number of rotatable bonds is 2. The van der Waals surface area contributed by atoms with E-state index in [1.54, 1.807) is 18.0 Å². The molecular weight excluding hydrogens is 423 g/mol. The van der Waals surface area contributed by atoms with E-state index >= 15 is 0 Å². The van der Waals surface area contributed by atoms with Crippen molar-refractivity contribution in [1.29, 1.82) is 0 Å². The van der Waals surface area contributed by atoms with Crippen molar-refractivity contribution in [2.75, 3.05) is 25.0 Å². The Labute approximate surface area is 184 Å². The van der Waals surface area contributed by atoms with Gasteiger partial charge >= 0.3 is 0 Å². The third-order valence-corrected chi connectivity index (χ3v) is 7.58. The van der Waals surface area contributed by atoms with Gasteiger partial charge in [-0.25, -0.2) is 4.39 Å². The van der Waals surface area contributed by atoms with Gasteiger partial charge in [-0.05, 0) is 48.2 Å². The van der Waals surface area contributed by atoms with Crippen molar-refractivity contribution in [3.63, 3.8) is 0 Å². The number of hydrogen-bond acceptors (Lipinski definition) is 6. The maximum absolute atomic E-state index is 14.6. The van der Waals surface area contributed by atoms with Crippen molar-refractivity contribution in [3.8, 4) is 0 Å². The fourth-order valence-corrected chi connectivity index (χ4v) is 6.05. The second-order valence-electron chi connectivity index (χ2n) is 8.21. The minimum Gasteiger partial charge on any atom is -0.495 e. The first-order chi connectivity index (χ1) is 14.5. The Hall–Kier alpha value is -1.77. The van der Waals surface area contributed by atoms with Crippen LogP contribution >= 0.6 is 23.5 Å². The van der Waals surface area contributed by atoms with E-state index in [0.29, 0.717) is 18.1 Å². The largest absolute Gasteiger partial charge is 0.495 e. The zero-order valence-corrected chi connectivity index (χ0v) is 17.9. The van der Waals surface area contributed by atoms with E-state index in [1.807, 2.05) is 30.3 Å². The summed E-state index contributed by atoms with van der Waals surface area (Å²) in [5.74, 6) is 0.0819. The van der Waals surface area contributed by atoms with E-state index in [-0.39, 0.29) is 18.3 Å². The highest BCUT2D eigenvalue weighted by atomic mass is 35.5. The van der Waals surface area contributed by atoms with Gasteiger partial charge in [-0.15, -0.1) is 0 Å². The lowest BCUT2D eigenvalue weighted by atomic mass is 9.72. The standard InChI is InChI=1S/C22H24ClFN4OS/c23-15-5-6-19-16(8-15)22(9-21(29)27-19,28-11-17(24)18(25)12-28)14-7-13-3-1-2-4-20(13)30-26-10-14/h1-6,8-9,14,17-18,26-27,29H,7,10-12,25H2/t14?,17-,18-,22?/m0/s1. The van der Waals surface area contributed by atoms with Crippen molar-refractivity contribution in [1.82, 2.24) is 9.62 Å². The number of halogens is 2. The molecule has 8 heteroatoms. The van der Waals surface area contributed by atoms with Gasteiger partial charge in [0.15, 0.2) is 5.88 Å². The van der Waals surface area contributed by atoms with Gasteiger partial charge in [0.25, 0.3) is 0 Å². The summed E-state index contributed by atoms with van der Waals surface area (Å²) >= 11 is 8.02. The molecule has 30 heavy (non-hydrogen) atoms. The lowest BCUT2D eigenvalue weighted by Crippen LogP contribution is -2.54. The molecule has 1 fully saturated rings. The normalized spacial score (nSPS) is 31.3. The van der Waals surface area contributed by atoms with Crippen molar-refractivity contribution in [2.24, 2.45) is 11.7 Å². The van der Waals surface area contributed by atoms with E-state index < -0.39 is 17.8 Å². The number of benzene rings is 2. The average Bonchev–Trinajstić information content (AvgIpc) is 2.94. The number of nitrogens with zero attached hydrogens (tertiary/aromatic N) is 1. The second-order valence-corrected chi connectivity index (χ2v) is 9.58. The second kappa shape index (κ2) is 7.73. The van der Waals surface area contributed by atoms with Gasteiger partial charge in [0, 0.05) is 58.8 Å². The third-order valence-electron chi connectivity index (χ3n) is 6.42. The Morgan fingerprint density at radius 1 is 1.23 bits per heavy atom. The SMILES string of the molecule is N[C@H]1CN(C2(C3CNSc4ccccc4C3)C=C(O)Nc3ccc(Cl)cc32)C[C@@H]1F. The van der Waals surface area contributed by atoms with Gasteiger partial charge in [-0.2, -0.15) is 0 Å². The third kappa shape index (κ3) is 3.29. The van der Waals surface area contributed by atoms with Gasteiger partial charge in [-0.3, -0.25) is 9.62 Å². The number of likely N-dealkylation sites (tertiary alicyclic amines) is 1. The number of hydrogen-bond donors (Lipinski definition) is 4. The number of nitrogens with two attached hydrogens (primary N) is 1. The number of alkyl halides is 1. The molecular formula is C22H24ClFN4OS. The molecule has 5 N–H and O–H groups in total. The van der Waals surface area contributed by atoms with E-state index in [4.69, 9.17) is 17.3 Å². The summed E-state index contributed by atoms with van der Waals surface area (Å²) < 4.78 is 18.1. The summed E-state index contributed by atoms with van der Waals surface area (Å²) in [7, 11) is 0. The quantitative estimate of drug-likeness (QED) is 0.526. The molecule has 0 radical (unpaired) electrons. The summed E-state index contributed by atoms with van der Waals surface area (Å²) in [4.78, 5) is 3.27. The van der Waals surface area contributed by atoms with Crippen LogP contribution in [0, 0.1) is 5.92 Å². The number of nitrogens with one attached hydrogen (secondary N) is 2. The average molecular weight is 447 g/mol. The van der Waals surface area contributed by atoms with Gasteiger partial charge in [0.1, 0.15) is 6.17 Å². The molecule has 4 atom stereocenters. The topological polar surface area (TPSA) is 73.5 Å². The number of aliphatic hydroxyl groups excluding tert-OH is 1. The van der Waals surface area contributed by atoms with Gasteiger partial charge in [-0.1, -0.05) is 29.8 Å². The molecule has 1 saturated heterocycles. The van der Waals surface area contributed by atoms with E-state index in [0.717, 1.165) is 17.7 Å². The van der Waals surface area contributed by atoms with Gasteiger partial charge in [0.05, 0.1) is 5.54 Å². The minimum atomic E-state index is -1.12. The summed E-state index contributed by atoms with van der Waals surface area (Å²) in [6, 6.07) is 13.3. The first-order valence-corrected chi connectivity index (χ1v) is 11.3. The van der Waals surface area contributed by atoms with Crippen LogP contribution in [0.2, 0.25) is 5.02 Å². The molecule has 0 aromatic heterocycles. The summed E-state index contributed by atoms with van der Waals surface area (Å²) in [6.45, 7) is 1.29. The van der Waals surface area contributed by atoms with Crippen molar-refractivity contribution < 1.29 is 9.50 Å². The molecule has 2 unspecified atom stereocenters. The van der Waals surface area contributed by atoms with Crippen LogP contribution in [0.1, 0.15) is 11.1 Å². The Kier molecular flexibility index (Phi) is 5.19. The molecule has 5 rings (SSSR count). The fraction of sp³-hybridized carbons (Fsp3) is 0.364. The van der Waals surface area contributed by atoms with E-state index in [2.05, 4.69) is 27.1 Å². The highest BCUT2D eigenvalue weighted by Gasteiger charge is 2.51. The van der Waals surface area contributed by atoms with Crippen molar-refractivity contribution >= 4 is 29.2 Å². The predicted octanol–water partition coefficient (Wildman–Crippen LogP) is 3.81. The molecule has 158 valence electrons. The molecule has 2 aromatic carbocycles. The molecule has 0 spiro atoms. The van der Waals surface area contributed by atoms with E-state index in [1.165, 1.54) is 10.5 Å².